The molecule has 0 saturated carbocycles. The van der Waals surface area contributed by atoms with Gasteiger partial charge in [0.1, 0.15) is 0 Å². The van der Waals surface area contributed by atoms with Crippen LogP contribution in [0.3, 0.4) is 0 Å². The van der Waals surface area contributed by atoms with Gasteiger partial charge >= 0.3 is 265 Å². The first-order valence-electron chi connectivity index (χ1n) is 16.3. The minimum Gasteiger partial charge on any atom is -0.130 e. The molecule has 2 aromatic heterocycles. The number of hydrogen-bond acceptors (Lipinski definition) is 0. The van der Waals surface area contributed by atoms with E-state index in [-0.39, 0.29) is 0 Å². The van der Waals surface area contributed by atoms with Crippen LogP contribution in [0, 0.1) is 0 Å². The molecule has 6 aromatic rings. The molecule has 2 atom stereocenters. The standard InChI is InChI=1S/2C20H16N.CH3Cl.Zr/c2*1-2-7-15-13-16(12-14(15)6-1)21-19-10-4-3-8-17(19)18-9-5-11-20(18)21;1-2;/h2*1-4,6-8,10,12-13H,5,9,11H2;1H3;. The second kappa shape index (κ2) is 11.1. The number of aromatic nitrogens is 2. The monoisotopic (exact) mass is 680 g/mol. The van der Waals surface area contributed by atoms with E-state index in [2.05, 4.69) is 130 Å². The molecular weight excluding hydrogens is 647 g/mol. The Hall–Kier alpha value is -3.39. The van der Waals surface area contributed by atoms with E-state index in [1.54, 1.807) is 45.0 Å². The summed E-state index contributed by atoms with van der Waals surface area (Å²) in [5, 5.41) is 2.94. The van der Waals surface area contributed by atoms with Gasteiger partial charge in [-0.2, -0.15) is 0 Å². The van der Waals surface area contributed by atoms with Gasteiger partial charge in [0, 0.05) is 6.38 Å². The Bertz CT molecular complexity index is 2040. The van der Waals surface area contributed by atoms with Crippen LogP contribution in [-0.2, 0) is 48.9 Å². The van der Waals surface area contributed by atoms with E-state index in [1.807, 2.05) is 0 Å². The van der Waals surface area contributed by atoms with Crippen LogP contribution in [0.4, 0.5) is 0 Å². The van der Waals surface area contributed by atoms with E-state index >= 15 is 0 Å². The van der Waals surface area contributed by atoms with Gasteiger partial charge in [0.2, 0.25) is 0 Å². The molecule has 0 aliphatic heterocycles. The van der Waals surface area contributed by atoms with Crippen molar-refractivity contribution in [3.63, 3.8) is 0 Å². The van der Waals surface area contributed by atoms with Crippen molar-refractivity contribution < 1.29 is 23.2 Å². The summed E-state index contributed by atoms with van der Waals surface area (Å²) in [6, 6.07) is 36.9. The maximum atomic E-state index is 4.64. The van der Waals surface area contributed by atoms with E-state index < -0.39 is 23.2 Å². The molecule has 0 spiro atoms. The molecule has 2 unspecified atom stereocenters. The third-order valence-corrected chi connectivity index (χ3v) is 15.1. The van der Waals surface area contributed by atoms with Crippen LogP contribution in [0.25, 0.3) is 45.4 Å². The second-order valence-electron chi connectivity index (χ2n) is 12.7. The molecule has 0 amide bonds. The van der Waals surface area contributed by atoms with Gasteiger partial charge in [-0.3, -0.25) is 0 Å². The van der Waals surface area contributed by atoms with Crippen LogP contribution < -0.4 is 0 Å². The summed E-state index contributed by atoms with van der Waals surface area (Å²) < 4.78 is 6.43. The Kier molecular flexibility index (Phi) is 6.91. The zero-order valence-corrected chi connectivity index (χ0v) is 28.8. The summed E-state index contributed by atoms with van der Waals surface area (Å²) >= 11 is 3.50. The van der Waals surface area contributed by atoms with E-state index in [0.717, 1.165) is 0 Å². The van der Waals surface area contributed by atoms with Gasteiger partial charge in [0.15, 0.2) is 0 Å². The molecule has 4 heteroatoms. The van der Waals surface area contributed by atoms with E-state index in [4.69, 9.17) is 0 Å². The molecule has 0 radical (unpaired) electrons. The van der Waals surface area contributed by atoms with E-state index in [1.165, 1.54) is 77.8 Å². The summed E-state index contributed by atoms with van der Waals surface area (Å²) in [6.07, 6.45) is 13.9. The number of allylic oxidation sites excluding steroid dienone is 2. The molecule has 0 fully saturated rings. The third-order valence-electron chi connectivity index (χ3n) is 10.5. The van der Waals surface area contributed by atoms with Crippen molar-refractivity contribution in [1.82, 2.24) is 9.13 Å². The second-order valence-corrected chi connectivity index (χ2v) is 16.3. The van der Waals surface area contributed by atoms with Crippen molar-refractivity contribution >= 4 is 57.0 Å². The molecule has 2 heterocycles. The molecule has 0 N–H and O–H groups in total. The fourth-order valence-electron chi connectivity index (χ4n) is 8.78. The van der Waals surface area contributed by atoms with Gasteiger partial charge in [-0.25, -0.2) is 0 Å². The number of alkyl halides is 1. The molecule has 10 rings (SSSR count). The zero-order valence-electron chi connectivity index (χ0n) is 25.6. The SMILES string of the molecule is C1=C(n2c3c(c4ccccc42)CCC3)[CH]([Zr][CH]2C(n3c4c(c5ccccc53)CCC4)=Cc3ccccc32)c2ccccc21.CCl. The predicted octanol–water partition coefficient (Wildman–Crippen LogP) is 10.3. The molecule has 2 nitrogen and oxygen atoms in total. The van der Waals surface area contributed by atoms with E-state index in [0.29, 0.717) is 7.25 Å². The molecular formula is C41H35ClN2Zr. The first kappa shape index (κ1) is 27.9. The van der Waals surface area contributed by atoms with Gasteiger partial charge < -0.3 is 0 Å². The number of para-hydroxylation sites is 2. The third kappa shape index (κ3) is 4.16. The van der Waals surface area contributed by atoms with Gasteiger partial charge in [0.25, 0.3) is 0 Å². The molecule has 4 aromatic carbocycles. The quantitative estimate of drug-likeness (QED) is 0.164. The van der Waals surface area contributed by atoms with Crippen LogP contribution >= 0.6 is 11.6 Å². The van der Waals surface area contributed by atoms with E-state index in [9.17, 15) is 0 Å². The number of fused-ring (bicyclic) bond motifs is 8. The summed E-state index contributed by atoms with van der Waals surface area (Å²) in [5.74, 6) is 0. The van der Waals surface area contributed by atoms with Gasteiger partial charge in [-0.1, -0.05) is 0 Å². The van der Waals surface area contributed by atoms with Gasteiger partial charge in [-0.15, -0.1) is 11.6 Å². The van der Waals surface area contributed by atoms with Crippen molar-refractivity contribution in [3.05, 3.63) is 142 Å². The minimum atomic E-state index is -1.14. The van der Waals surface area contributed by atoms with Crippen molar-refractivity contribution in [2.45, 2.75) is 45.8 Å². The summed E-state index contributed by atoms with van der Waals surface area (Å²) in [7, 11) is 0. The number of hydrogen-bond donors (Lipinski definition) is 0. The van der Waals surface area contributed by atoms with Crippen LogP contribution in [0.2, 0.25) is 0 Å². The van der Waals surface area contributed by atoms with Crippen molar-refractivity contribution in [3.8, 4) is 0 Å². The largest absolute Gasteiger partial charge is 0.130 e. The van der Waals surface area contributed by atoms with Crippen molar-refractivity contribution in [2.24, 2.45) is 0 Å². The maximum absolute atomic E-state index is 4.64. The average Bonchev–Trinajstić information content (AvgIpc) is 3.93. The first-order valence-corrected chi connectivity index (χ1v) is 19.9. The molecule has 0 bridgehead atoms. The normalized spacial score (nSPS) is 19.1. The molecule has 4 aliphatic rings. The van der Waals surface area contributed by atoms with Gasteiger partial charge in [0.05, 0.1) is 0 Å². The number of benzene rings is 4. The predicted molar refractivity (Wildman–Crippen MR) is 186 cm³/mol. The van der Waals surface area contributed by atoms with Crippen molar-refractivity contribution in [1.29, 1.82) is 0 Å². The Morgan fingerprint density at radius 3 is 1.44 bits per heavy atom. The molecule has 220 valence electrons. The fraction of sp³-hybridized carbons (Fsp3) is 0.220. The van der Waals surface area contributed by atoms with Crippen LogP contribution in [0.5, 0.6) is 0 Å². The number of halogens is 1. The van der Waals surface area contributed by atoms with Gasteiger partial charge in [-0.05, 0) is 0 Å². The fourth-order valence-corrected chi connectivity index (χ4v) is 13.7. The number of nitrogens with zero attached hydrogens (tertiary/aromatic N) is 2. The molecule has 0 saturated heterocycles. The molecule has 4 aliphatic carbocycles. The smallest absolute Gasteiger partial charge is 0.0108 e. The molecule has 45 heavy (non-hydrogen) atoms. The average molecular weight is 682 g/mol. The summed E-state index contributed by atoms with van der Waals surface area (Å²) in [6.45, 7) is 0. The van der Waals surface area contributed by atoms with Crippen LogP contribution in [0.15, 0.2) is 97.1 Å². The van der Waals surface area contributed by atoms with Crippen LogP contribution in [-0.4, -0.2) is 15.5 Å². The van der Waals surface area contributed by atoms with Crippen LogP contribution in [0.1, 0.15) is 64.9 Å². The minimum absolute atomic E-state index is 0.495. The Morgan fingerprint density at radius 1 is 0.533 bits per heavy atom. The zero-order chi connectivity index (χ0) is 30.1. The Balaban J connectivity index is 0.00000138. The number of aryl methyl sites for hydroxylation is 2. The number of rotatable bonds is 4. The topological polar surface area (TPSA) is 9.86 Å². The Labute approximate surface area is 281 Å². The Morgan fingerprint density at radius 2 is 0.956 bits per heavy atom. The van der Waals surface area contributed by atoms with Crippen molar-refractivity contribution in [2.75, 3.05) is 6.38 Å². The first-order chi connectivity index (χ1) is 22.3. The maximum Gasteiger partial charge on any atom is 0.0108 e. The summed E-state index contributed by atoms with van der Waals surface area (Å²) in [4.78, 5) is 0. The summed E-state index contributed by atoms with van der Waals surface area (Å²) in [5.41, 5.74) is 18.2.